The van der Waals surface area contributed by atoms with Crippen molar-refractivity contribution in [3.63, 3.8) is 0 Å². The van der Waals surface area contributed by atoms with E-state index in [2.05, 4.69) is 68.9 Å². The van der Waals surface area contributed by atoms with Gasteiger partial charge >= 0.3 is 0 Å². The zero-order valence-electron chi connectivity index (χ0n) is 17.4. The molecule has 154 valence electrons. The predicted octanol–water partition coefficient (Wildman–Crippen LogP) is 5.06. The van der Waals surface area contributed by atoms with Crippen molar-refractivity contribution in [3.8, 4) is 5.82 Å². The third-order valence-corrected chi connectivity index (χ3v) is 5.88. The van der Waals surface area contributed by atoms with E-state index in [9.17, 15) is 0 Å². The maximum absolute atomic E-state index is 5.86. The number of nitrogens with zero attached hydrogens (tertiary/aromatic N) is 4. The molecule has 0 amide bonds. The van der Waals surface area contributed by atoms with Crippen molar-refractivity contribution < 1.29 is 0 Å². The van der Waals surface area contributed by atoms with Gasteiger partial charge in [-0.2, -0.15) is 0 Å². The third-order valence-electron chi connectivity index (χ3n) is 5.56. The first-order chi connectivity index (χ1) is 15.1. The fraction of sp³-hybridized carbons (Fsp3) is 0.160. The Morgan fingerprint density at radius 1 is 0.871 bits per heavy atom. The molecule has 0 unspecified atom stereocenters. The molecule has 0 radical (unpaired) electrons. The standard InChI is InChI=1S/C25H23N5S/c1-17-14-18(2)16-19(15-17)30-24(23(28-25(30)31)20-8-3-5-11-26-20)21-9-7-13-29(21)22-10-4-6-12-27-22/h3-16,23-24H,1-2H3,(H,28,31)/t23-,24-/m1/s1. The molecule has 1 aromatic carbocycles. The van der Waals surface area contributed by atoms with E-state index in [-0.39, 0.29) is 12.1 Å². The van der Waals surface area contributed by atoms with Crippen molar-refractivity contribution >= 4 is 23.0 Å². The van der Waals surface area contributed by atoms with E-state index < -0.39 is 0 Å². The molecular formula is C25H23N5S. The Labute approximate surface area is 187 Å². The van der Waals surface area contributed by atoms with Crippen LogP contribution in [0.25, 0.3) is 5.82 Å². The maximum atomic E-state index is 5.86. The second-order valence-corrected chi connectivity index (χ2v) is 8.22. The number of rotatable bonds is 4. The summed E-state index contributed by atoms with van der Waals surface area (Å²) in [6, 6.07) is 22.5. The summed E-state index contributed by atoms with van der Waals surface area (Å²) in [6.07, 6.45) is 5.69. The molecular weight excluding hydrogens is 402 g/mol. The number of thiocarbonyl (C=S) groups is 1. The van der Waals surface area contributed by atoms with Crippen LogP contribution >= 0.6 is 12.2 Å². The van der Waals surface area contributed by atoms with Gasteiger partial charge in [0, 0.05) is 30.0 Å². The Hall–Kier alpha value is -3.51. The molecule has 6 heteroatoms. The van der Waals surface area contributed by atoms with E-state index in [1.54, 1.807) is 0 Å². The van der Waals surface area contributed by atoms with Gasteiger partial charge < -0.3 is 14.8 Å². The topological polar surface area (TPSA) is 46.0 Å². The van der Waals surface area contributed by atoms with E-state index in [1.807, 2.05) is 55.0 Å². The molecule has 1 N–H and O–H groups in total. The lowest BCUT2D eigenvalue weighted by molar-refractivity contribution is 0.548. The van der Waals surface area contributed by atoms with Crippen LogP contribution in [0, 0.1) is 13.8 Å². The van der Waals surface area contributed by atoms with Crippen LogP contribution in [0.2, 0.25) is 0 Å². The highest BCUT2D eigenvalue weighted by molar-refractivity contribution is 7.80. The summed E-state index contributed by atoms with van der Waals surface area (Å²) in [5.41, 5.74) is 5.54. The van der Waals surface area contributed by atoms with Crippen molar-refractivity contribution in [2.45, 2.75) is 25.9 Å². The Balaban J connectivity index is 1.69. The van der Waals surface area contributed by atoms with Crippen LogP contribution in [0.5, 0.6) is 0 Å². The highest BCUT2D eigenvalue weighted by Crippen LogP contribution is 2.42. The summed E-state index contributed by atoms with van der Waals surface area (Å²) in [5.74, 6) is 0.875. The zero-order chi connectivity index (χ0) is 21.4. The number of anilines is 1. The van der Waals surface area contributed by atoms with Crippen molar-refractivity contribution in [1.29, 1.82) is 0 Å². The van der Waals surface area contributed by atoms with Crippen LogP contribution in [-0.2, 0) is 0 Å². The number of aromatic nitrogens is 3. The molecule has 0 spiro atoms. The minimum Gasteiger partial charge on any atom is -0.351 e. The molecule has 5 nitrogen and oxygen atoms in total. The van der Waals surface area contributed by atoms with Gasteiger partial charge in [-0.05, 0) is 85.7 Å². The quantitative estimate of drug-likeness (QED) is 0.463. The highest BCUT2D eigenvalue weighted by Gasteiger charge is 2.42. The normalized spacial score (nSPS) is 18.3. The molecule has 1 fully saturated rings. The zero-order valence-corrected chi connectivity index (χ0v) is 18.3. The molecule has 1 aliphatic heterocycles. The predicted molar refractivity (Wildman–Crippen MR) is 127 cm³/mol. The van der Waals surface area contributed by atoms with Crippen LogP contribution in [0.15, 0.2) is 85.3 Å². The number of benzene rings is 1. The molecule has 4 aromatic rings. The van der Waals surface area contributed by atoms with Gasteiger partial charge in [0.2, 0.25) is 0 Å². The van der Waals surface area contributed by atoms with Gasteiger partial charge in [-0.3, -0.25) is 4.98 Å². The summed E-state index contributed by atoms with van der Waals surface area (Å²) >= 11 is 5.86. The van der Waals surface area contributed by atoms with Crippen LogP contribution in [-0.4, -0.2) is 19.6 Å². The molecule has 31 heavy (non-hydrogen) atoms. The molecule has 5 rings (SSSR count). The SMILES string of the molecule is Cc1cc(C)cc(N2C(=S)N[C@H](c3ccccn3)[C@H]2c2cccn2-c2ccccn2)c1. The van der Waals surface area contributed by atoms with Crippen LogP contribution in [0.4, 0.5) is 5.69 Å². The Kier molecular flexibility index (Phi) is 5.00. The van der Waals surface area contributed by atoms with Gasteiger partial charge in [0.05, 0.1) is 11.7 Å². The highest BCUT2D eigenvalue weighted by atomic mass is 32.1. The van der Waals surface area contributed by atoms with Gasteiger partial charge in [-0.1, -0.05) is 18.2 Å². The maximum Gasteiger partial charge on any atom is 0.174 e. The smallest absolute Gasteiger partial charge is 0.174 e. The largest absolute Gasteiger partial charge is 0.351 e. The van der Waals surface area contributed by atoms with E-state index >= 15 is 0 Å². The third kappa shape index (κ3) is 3.59. The molecule has 1 aliphatic rings. The van der Waals surface area contributed by atoms with Crippen molar-refractivity contribution in [2.75, 3.05) is 4.90 Å². The Morgan fingerprint density at radius 3 is 2.29 bits per heavy atom. The summed E-state index contributed by atoms with van der Waals surface area (Å²) in [4.78, 5) is 11.4. The van der Waals surface area contributed by atoms with Crippen LogP contribution < -0.4 is 10.2 Å². The average molecular weight is 426 g/mol. The second kappa shape index (κ2) is 7.96. The second-order valence-electron chi connectivity index (χ2n) is 7.83. The first-order valence-electron chi connectivity index (χ1n) is 10.3. The van der Waals surface area contributed by atoms with Gasteiger partial charge in [-0.25, -0.2) is 4.98 Å². The fourth-order valence-electron chi connectivity index (χ4n) is 4.36. The molecule has 0 bridgehead atoms. The first-order valence-corrected chi connectivity index (χ1v) is 10.7. The van der Waals surface area contributed by atoms with Gasteiger partial charge in [0.15, 0.2) is 5.11 Å². The number of pyridine rings is 2. The monoisotopic (exact) mass is 425 g/mol. The Bertz CT molecular complexity index is 1200. The number of hydrogen-bond acceptors (Lipinski definition) is 3. The van der Waals surface area contributed by atoms with E-state index in [4.69, 9.17) is 12.2 Å². The number of hydrogen-bond donors (Lipinski definition) is 1. The molecule has 0 aliphatic carbocycles. The summed E-state index contributed by atoms with van der Waals surface area (Å²) in [6.45, 7) is 4.23. The van der Waals surface area contributed by atoms with Gasteiger partial charge in [0.25, 0.3) is 0 Å². The lowest BCUT2D eigenvalue weighted by Crippen LogP contribution is -2.30. The van der Waals surface area contributed by atoms with Gasteiger partial charge in [0.1, 0.15) is 11.9 Å². The Morgan fingerprint density at radius 2 is 1.61 bits per heavy atom. The van der Waals surface area contributed by atoms with Crippen molar-refractivity contribution in [3.05, 3.63) is 108 Å². The molecule has 3 aromatic heterocycles. The van der Waals surface area contributed by atoms with E-state index in [0.717, 1.165) is 22.9 Å². The summed E-state index contributed by atoms with van der Waals surface area (Å²) in [7, 11) is 0. The number of nitrogens with one attached hydrogen (secondary N) is 1. The summed E-state index contributed by atoms with van der Waals surface area (Å²) in [5, 5.41) is 4.23. The average Bonchev–Trinajstić information content (AvgIpc) is 3.38. The minimum absolute atomic E-state index is 0.0828. The van der Waals surface area contributed by atoms with E-state index in [1.165, 1.54) is 11.1 Å². The van der Waals surface area contributed by atoms with E-state index in [0.29, 0.717) is 5.11 Å². The molecule has 2 atom stereocenters. The molecule has 0 saturated carbocycles. The van der Waals surface area contributed by atoms with Gasteiger partial charge in [-0.15, -0.1) is 0 Å². The minimum atomic E-state index is -0.0909. The van der Waals surface area contributed by atoms with Crippen LogP contribution in [0.1, 0.15) is 34.6 Å². The van der Waals surface area contributed by atoms with Crippen LogP contribution in [0.3, 0.4) is 0 Å². The molecule has 4 heterocycles. The van der Waals surface area contributed by atoms with Crippen molar-refractivity contribution in [2.24, 2.45) is 0 Å². The first kappa shape index (κ1) is 19.5. The summed E-state index contributed by atoms with van der Waals surface area (Å²) < 4.78 is 2.13. The fourth-order valence-corrected chi connectivity index (χ4v) is 4.71. The van der Waals surface area contributed by atoms with Crippen molar-refractivity contribution in [1.82, 2.24) is 19.9 Å². The lowest BCUT2D eigenvalue weighted by Gasteiger charge is -2.29. The molecule has 1 saturated heterocycles. The number of aryl methyl sites for hydroxylation is 2. The lowest BCUT2D eigenvalue weighted by atomic mass is 10.00.